The van der Waals surface area contributed by atoms with Gasteiger partial charge in [0.05, 0.1) is 24.9 Å². The second-order valence-corrected chi connectivity index (χ2v) is 16.6. The van der Waals surface area contributed by atoms with Crippen molar-refractivity contribution in [2.24, 2.45) is 50.7 Å². The molecule has 38 heavy (non-hydrogen) atoms. The Hall–Kier alpha value is -0.650. The maximum Gasteiger partial charge on any atom is 0.361 e. The van der Waals surface area contributed by atoms with Crippen LogP contribution in [0, 0.1) is 50.7 Å². The van der Waals surface area contributed by atoms with E-state index in [0.29, 0.717) is 46.8 Å². The topological polar surface area (TPSA) is 72.4 Å². The molecule has 10 atom stereocenters. The highest BCUT2D eigenvalue weighted by molar-refractivity contribution is 5.70. The molecular weight excluding hydrogens is 474 g/mol. The quantitative estimate of drug-likeness (QED) is 0.383. The first-order valence-corrected chi connectivity index (χ1v) is 16.1. The van der Waals surface area contributed by atoms with E-state index in [2.05, 4.69) is 48.5 Å². The van der Waals surface area contributed by atoms with Gasteiger partial charge in [-0.1, -0.05) is 48.5 Å². The Balaban J connectivity index is 1.24. The molecule has 2 heterocycles. The lowest BCUT2D eigenvalue weighted by atomic mass is 9.31. The van der Waals surface area contributed by atoms with Gasteiger partial charge in [0.1, 0.15) is 6.10 Å². The van der Waals surface area contributed by atoms with Crippen molar-refractivity contribution in [3.8, 4) is 0 Å². The summed E-state index contributed by atoms with van der Waals surface area (Å²) in [6.45, 7) is 18.7. The van der Waals surface area contributed by atoms with E-state index < -0.39 is 0 Å². The zero-order chi connectivity index (χ0) is 27.4. The van der Waals surface area contributed by atoms with Gasteiger partial charge in [0, 0.05) is 11.3 Å². The summed E-state index contributed by atoms with van der Waals surface area (Å²) in [5.74, 6) is 2.77. The molecular formula is C33H56NO4+. The minimum atomic E-state index is -0.124. The number of carbonyl (C=O) groups excluding carboxylic acids is 1. The van der Waals surface area contributed by atoms with Crippen molar-refractivity contribution in [1.82, 2.24) is 0 Å². The highest BCUT2D eigenvalue weighted by Crippen LogP contribution is 2.78. The fourth-order valence-electron chi connectivity index (χ4n) is 12.3. The summed E-state index contributed by atoms with van der Waals surface area (Å²) in [7, 11) is 0. The second kappa shape index (κ2) is 8.68. The first kappa shape index (κ1) is 27.5. The van der Waals surface area contributed by atoms with Crippen molar-refractivity contribution in [1.29, 1.82) is 0 Å². The number of aliphatic hydroxyl groups is 1. The molecule has 7 fully saturated rings. The first-order valence-electron chi connectivity index (χ1n) is 16.1. The fourth-order valence-corrected chi connectivity index (χ4v) is 12.3. The van der Waals surface area contributed by atoms with Crippen molar-refractivity contribution in [3.63, 3.8) is 0 Å². The third-order valence-electron chi connectivity index (χ3n) is 14.6. The zero-order valence-electron chi connectivity index (χ0n) is 25.4. The number of hydrogen-bond acceptors (Lipinski definition) is 4. The highest BCUT2D eigenvalue weighted by Gasteiger charge is 2.75. The minimum Gasteiger partial charge on any atom is -0.458 e. The Bertz CT molecular complexity index is 959. The van der Waals surface area contributed by atoms with Crippen LogP contribution in [-0.2, 0) is 14.3 Å². The van der Waals surface area contributed by atoms with Crippen molar-refractivity contribution in [2.45, 2.75) is 130 Å². The van der Waals surface area contributed by atoms with Gasteiger partial charge in [-0.2, -0.15) is 0 Å². The molecule has 216 valence electrons. The number of quaternary nitrogens is 1. The van der Waals surface area contributed by atoms with Crippen LogP contribution in [0.25, 0.3) is 0 Å². The summed E-state index contributed by atoms with van der Waals surface area (Å²) in [4.78, 5) is 12.6. The number of nitrogens with two attached hydrogens (primary N) is 1. The van der Waals surface area contributed by atoms with Crippen LogP contribution in [0.2, 0.25) is 0 Å². The molecule has 0 aromatic carbocycles. The van der Waals surface area contributed by atoms with E-state index in [1.807, 2.05) is 5.32 Å². The molecule has 2 aliphatic heterocycles. The van der Waals surface area contributed by atoms with E-state index in [9.17, 15) is 4.79 Å². The largest absolute Gasteiger partial charge is 0.458 e. The zero-order valence-corrected chi connectivity index (χ0v) is 25.4. The smallest absolute Gasteiger partial charge is 0.361 e. The lowest BCUT2D eigenvalue weighted by Crippen LogP contribution is -2.87. The average molecular weight is 531 g/mol. The Labute approximate surface area is 231 Å². The molecule has 0 radical (unpaired) electrons. The third-order valence-corrected chi connectivity index (χ3v) is 14.6. The lowest BCUT2D eigenvalue weighted by molar-refractivity contribution is -0.646. The Morgan fingerprint density at radius 1 is 0.868 bits per heavy atom. The number of carbonyl (C=O) groups is 1. The third kappa shape index (κ3) is 3.49. The van der Waals surface area contributed by atoms with Crippen molar-refractivity contribution < 1.29 is 24.7 Å². The molecule has 0 amide bonds. The second-order valence-electron chi connectivity index (χ2n) is 16.6. The van der Waals surface area contributed by atoms with Crippen molar-refractivity contribution in [3.05, 3.63) is 0 Å². The van der Waals surface area contributed by atoms with E-state index >= 15 is 0 Å². The molecule has 5 nitrogen and oxygen atoms in total. The summed E-state index contributed by atoms with van der Waals surface area (Å²) < 4.78 is 12.9. The molecule has 5 heteroatoms. The van der Waals surface area contributed by atoms with Crippen LogP contribution >= 0.6 is 0 Å². The SMILES string of the molecule is CC1(C)CC[C@]23CC[C@]4(C)C(CCC5[C@@]6(C)CC[C@H](OC(=O)C[NH2+]CCO)C(C)(C)C6CC[C@]54C)C2[C@@H]1O3. The van der Waals surface area contributed by atoms with Crippen LogP contribution in [0.3, 0.4) is 0 Å². The normalized spacial score (nSPS) is 51.9. The summed E-state index contributed by atoms with van der Waals surface area (Å²) >= 11 is 0. The average Bonchev–Trinajstić information content (AvgIpc) is 2.82. The predicted octanol–water partition coefficient (Wildman–Crippen LogP) is 5.10. The van der Waals surface area contributed by atoms with E-state index in [1.54, 1.807) is 0 Å². The molecule has 4 unspecified atom stereocenters. The van der Waals surface area contributed by atoms with Gasteiger partial charge >= 0.3 is 5.97 Å². The van der Waals surface area contributed by atoms with Gasteiger partial charge in [-0.15, -0.1) is 0 Å². The monoisotopic (exact) mass is 530 g/mol. The maximum absolute atomic E-state index is 12.6. The standard InChI is InChI=1S/C33H55NO4/c1-28(2)14-16-33-17-15-31(6)21(26(33)27(28)38-33)8-9-23-30(5)12-11-24(37-25(36)20-34-18-19-35)29(3,4)22(30)10-13-32(23,31)7/h21-24,26-27,34-35H,8-20H2,1-7H3/p+1/t21?,22?,23?,24-,26?,27-,30-,31+,32+,33-/m0/s1. The van der Waals surface area contributed by atoms with Crippen LogP contribution in [0.1, 0.15) is 113 Å². The number of hydrogen-bond donors (Lipinski definition) is 2. The molecule has 0 aromatic heterocycles. The van der Waals surface area contributed by atoms with Crippen molar-refractivity contribution in [2.75, 3.05) is 19.7 Å². The fraction of sp³-hybridized carbons (Fsp3) is 0.970. The van der Waals surface area contributed by atoms with E-state index in [4.69, 9.17) is 14.6 Å². The molecule has 5 aliphatic carbocycles. The molecule has 0 aromatic rings. The molecule has 2 saturated heterocycles. The van der Waals surface area contributed by atoms with Gasteiger partial charge in [0.2, 0.25) is 0 Å². The molecule has 5 saturated carbocycles. The molecule has 7 aliphatic rings. The van der Waals surface area contributed by atoms with Gasteiger partial charge in [-0.05, 0) is 104 Å². The van der Waals surface area contributed by atoms with E-state index in [-0.39, 0.29) is 29.7 Å². The van der Waals surface area contributed by atoms with Crippen LogP contribution in [-0.4, -0.2) is 48.6 Å². The Morgan fingerprint density at radius 3 is 2.32 bits per heavy atom. The molecule has 7 rings (SSSR count). The summed E-state index contributed by atoms with van der Waals surface area (Å²) in [6, 6.07) is 0. The van der Waals surface area contributed by atoms with Crippen LogP contribution < -0.4 is 5.32 Å². The van der Waals surface area contributed by atoms with Gasteiger partial charge < -0.3 is 19.9 Å². The number of esters is 1. The Morgan fingerprint density at radius 2 is 1.61 bits per heavy atom. The number of aliphatic hydroxyl groups excluding tert-OH is 1. The predicted molar refractivity (Wildman–Crippen MR) is 148 cm³/mol. The number of fused-ring (bicyclic) bond motifs is 7. The molecule has 3 N–H and O–H groups in total. The van der Waals surface area contributed by atoms with Crippen LogP contribution in [0.15, 0.2) is 0 Å². The minimum absolute atomic E-state index is 0.00449. The van der Waals surface area contributed by atoms with Gasteiger partial charge in [0.25, 0.3) is 0 Å². The highest BCUT2D eigenvalue weighted by atomic mass is 16.5. The number of rotatable bonds is 5. The van der Waals surface area contributed by atoms with Crippen molar-refractivity contribution >= 4 is 5.97 Å². The Kier molecular flexibility index (Phi) is 6.28. The van der Waals surface area contributed by atoms with Gasteiger partial charge in [-0.3, -0.25) is 0 Å². The van der Waals surface area contributed by atoms with Crippen LogP contribution in [0.5, 0.6) is 0 Å². The van der Waals surface area contributed by atoms with E-state index in [0.717, 1.165) is 24.2 Å². The summed E-state index contributed by atoms with van der Waals surface area (Å²) in [5, 5.41) is 10.9. The van der Waals surface area contributed by atoms with Gasteiger partial charge in [0.15, 0.2) is 6.54 Å². The first-order chi connectivity index (χ1) is 17.8. The molecule has 2 bridgehead atoms. The number of ether oxygens (including phenoxy) is 2. The van der Waals surface area contributed by atoms with Crippen LogP contribution in [0.4, 0.5) is 0 Å². The molecule has 1 spiro atoms. The summed E-state index contributed by atoms with van der Waals surface area (Å²) in [5.41, 5.74) is 1.57. The maximum atomic E-state index is 12.6. The van der Waals surface area contributed by atoms with Gasteiger partial charge in [-0.25, -0.2) is 4.79 Å². The van der Waals surface area contributed by atoms with E-state index in [1.165, 1.54) is 57.8 Å². The summed E-state index contributed by atoms with van der Waals surface area (Å²) in [6.07, 6.45) is 13.1. The lowest BCUT2D eigenvalue weighted by Gasteiger charge is -2.77.